The van der Waals surface area contributed by atoms with Crippen molar-refractivity contribution in [2.75, 3.05) is 13.7 Å². The molecule has 4 nitrogen and oxygen atoms in total. The second-order valence-electron chi connectivity index (χ2n) is 4.95. The fraction of sp³-hybridized carbons (Fsp3) is 0.500. The Hall–Kier alpha value is -1.33. The maximum absolute atomic E-state index is 13.5. The van der Waals surface area contributed by atoms with Gasteiger partial charge in [-0.05, 0) is 36.5 Å². The zero-order valence-corrected chi connectivity index (χ0v) is 12.2. The number of ether oxygens (including phenoxy) is 1. The highest BCUT2D eigenvalue weighted by Crippen LogP contribution is 2.31. The number of nitrogens with two attached hydrogens (primary N) is 1. The van der Waals surface area contributed by atoms with Crippen LogP contribution in [-0.4, -0.2) is 25.6 Å². The van der Waals surface area contributed by atoms with Crippen molar-refractivity contribution in [1.82, 2.24) is 5.32 Å². The van der Waals surface area contributed by atoms with Gasteiger partial charge in [0.25, 0.3) is 0 Å². The summed E-state index contributed by atoms with van der Waals surface area (Å²) >= 11 is 0. The lowest BCUT2D eigenvalue weighted by molar-refractivity contribution is -0.120. The number of benzene rings is 1. The maximum Gasteiger partial charge on any atom is 0.224 e. The molecule has 1 saturated carbocycles. The van der Waals surface area contributed by atoms with E-state index >= 15 is 0 Å². The molecule has 1 aromatic rings. The average Bonchev–Trinajstić information content (AvgIpc) is 3.20. The molecule has 1 atom stereocenters. The number of amides is 1. The van der Waals surface area contributed by atoms with E-state index in [-0.39, 0.29) is 36.5 Å². The maximum atomic E-state index is 13.5. The van der Waals surface area contributed by atoms with E-state index in [2.05, 4.69) is 5.32 Å². The lowest BCUT2D eigenvalue weighted by atomic mass is 10.1. The highest BCUT2D eigenvalue weighted by molar-refractivity contribution is 5.85. The molecule has 1 aliphatic carbocycles. The van der Waals surface area contributed by atoms with E-state index < -0.39 is 5.82 Å². The summed E-state index contributed by atoms with van der Waals surface area (Å²) in [5, 5.41) is 2.78. The first-order valence-corrected chi connectivity index (χ1v) is 6.45. The topological polar surface area (TPSA) is 64.3 Å². The van der Waals surface area contributed by atoms with Crippen LogP contribution < -0.4 is 15.8 Å². The third-order valence-electron chi connectivity index (χ3n) is 3.34. The molecule has 0 heterocycles. The van der Waals surface area contributed by atoms with E-state index in [4.69, 9.17) is 10.5 Å². The molecule has 20 heavy (non-hydrogen) atoms. The highest BCUT2D eigenvalue weighted by Gasteiger charge is 2.28. The molecule has 0 saturated heterocycles. The number of hydrogen-bond acceptors (Lipinski definition) is 3. The van der Waals surface area contributed by atoms with Crippen LogP contribution in [0.4, 0.5) is 4.39 Å². The lowest BCUT2D eigenvalue weighted by Gasteiger charge is -2.11. The van der Waals surface area contributed by atoms with Crippen LogP contribution in [0.2, 0.25) is 0 Å². The zero-order valence-electron chi connectivity index (χ0n) is 11.4. The third kappa shape index (κ3) is 4.65. The summed E-state index contributed by atoms with van der Waals surface area (Å²) in [5.74, 6) is 0.141. The minimum absolute atomic E-state index is 0. The van der Waals surface area contributed by atoms with Crippen molar-refractivity contribution in [1.29, 1.82) is 0 Å². The fourth-order valence-corrected chi connectivity index (χ4v) is 1.99. The summed E-state index contributed by atoms with van der Waals surface area (Å²) in [6.45, 7) is 0.488. The monoisotopic (exact) mass is 302 g/mol. The number of hydrogen-bond donors (Lipinski definition) is 2. The van der Waals surface area contributed by atoms with E-state index in [9.17, 15) is 9.18 Å². The SMILES string of the molecule is COc1ccc(CC(=O)NCC(N)C2CC2)cc1F.Cl. The highest BCUT2D eigenvalue weighted by atomic mass is 35.5. The molecule has 2 rings (SSSR count). The Balaban J connectivity index is 0.00000200. The van der Waals surface area contributed by atoms with Crippen molar-refractivity contribution in [3.05, 3.63) is 29.6 Å². The number of carbonyl (C=O) groups is 1. The van der Waals surface area contributed by atoms with E-state index in [0.717, 1.165) is 12.8 Å². The Morgan fingerprint density at radius 1 is 1.55 bits per heavy atom. The molecule has 6 heteroatoms. The molecule has 0 spiro atoms. The second kappa shape index (κ2) is 7.45. The summed E-state index contributed by atoms with van der Waals surface area (Å²) < 4.78 is 18.3. The molecule has 112 valence electrons. The quantitative estimate of drug-likeness (QED) is 0.840. The van der Waals surface area contributed by atoms with Crippen LogP contribution in [0.1, 0.15) is 18.4 Å². The number of nitrogens with one attached hydrogen (secondary N) is 1. The van der Waals surface area contributed by atoms with Crippen LogP contribution >= 0.6 is 12.4 Å². The van der Waals surface area contributed by atoms with E-state index in [1.165, 1.54) is 19.2 Å². The fourth-order valence-electron chi connectivity index (χ4n) is 1.99. The van der Waals surface area contributed by atoms with Gasteiger partial charge in [0.05, 0.1) is 13.5 Å². The second-order valence-corrected chi connectivity index (χ2v) is 4.95. The minimum atomic E-state index is -0.456. The van der Waals surface area contributed by atoms with Gasteiger partial charge in [0.15, 0.2) is 11.6 Å². The largest absolute Gasteiger partial charge is 0.494 e. The van der Waals surface area contributed by atoms with Crippen molar-refractivity contribution in [3.8, 4) is 5.75 Å². The molecule has 1 aromatic carbocycles. The number of carbonyl (C=O) groups excluding carboxylic acids is 1. The van der Waals surface area contributed by atoms with Gasteiger partial charge in [-0.3, -0.25) is 4.79 Å². The normalized spacial score (nSPS) is 15.2. The van der Waals surface area contributed by atoms with Gasteiger partial charge in [0.2, 0.25) is 5.91 Å². The summed E-state index contributed by atoms with van der Waals surface area (Å²) in [6.07, 6.45) is 2.46. The first kappa shape index (κ1) is 16.7. The first-order chi connectivity index (χ1) is 9.10. The molecule has 0 bridgehead atoms. The number of rotatable bonds is 6. The molecule has 1 aliphatic rings. The van der Waals surface area contributed by atoms with Crippen LogP contribution in [0.15, 0.2) is 18.2 Å². The average molecular weight is 303 g/mol. The van der Waals surface area contributed by atoms with Crippen molar-refractivity contribution in [3.63, 3.8) is 0 Å². The molecule has 0 aliphatic heterocycles. The Morgan fingerprint density at radius 3 is 2.80 bits per heavy atom. The van der Waals surface area contributed by atoms with Crippen LogP contribution in [0.25, 0.3) is 0 Å². The van der Waals surface area contributed by atoms with E-state index in [0.29, 0.717) is 18.0 Å². The van der Waals surface area contributed by atoms with E-state index in [1.54, 1.807) is 6.07 Å². The summed E-state index contributed by atoms with van der Waals surface area (Å²) in [4.78, 5) is 11.7. The summed E-state index contributed by atoms with van der Waals surface area (Å²) in [7, 11) is 1.41. The van der Waals surface area contributed by atoms with Gasteiger partial charge in [0.1, 0.15) is 0 Å². The summed E-state index contributed by atoms with van der Waals surface area (Å²) in [5.41, 5.74) is 6.51. The van der Waals surface area contributed by atoms with E-state index in [1.807, 2.05) is 0 Å². The van der Waals surface area contributed by atoms with Gasteiger partial charge in [-0.15, -0.1) is 12.4 Å². The number of halogens is 2. The third-order valence-corrected chi connectivity index (χ3v) is 3.34. The lowest BCUT2D eigenvalue weighted by Crippen LogP contribution is -2.39. The van der Waals surface area contributed by atoms with Crippen LogP contribution in [0.5, 0.6) is 5.75 Å². The zero-order chi connectivity index (χ0) is 13.8. The van der Waals surface area contributed by atoms with Crippen LogP contribution in [0, 0.1) is 11.7 Å². The van der Waals surface area contributed by atoms with Crippen LogP contribution in [0.3, 0.4) is 0 Å². The first-order valence-electron chi connectivity index (χ1n) is 6.45. The van der Waals surface area contributed by atoms with Gasteiger partial charge in [-0.25, -0.2) is 4.39 Å². The Kier molecular flexibility index (Phi) is 6.23. The van der Waals surface area contributed by atoms with Gasteiger partial charge < -0.3 is 15.8 Å². The Bertz CT molecular complexity index is 466. The number of methoxy groups -OCH3 is 1. The molecule has 1 unspecified atom stereocenters. The Labute approximate surface area is 124 Å². The van der Waals surface area contributed by atoms with Crippen molar-refractivity contribution < 1.29 is 13.9 Å². The molecular weight excluding hydrogens is 283 g/mol. The standard InChI is InChI=1S/C14H19FN2O2.ClH/c1-19-13-5-2-9(6-11(13)15)7-14(18)17-8-12(16)10-3-4-10;/h2,5-6,10,12H,3-4,7-8,16H2,1H3,(H,17,18);1H. The molecule has 1 fully saturated rings. The van der Waals surface area contributed by atoms with Crippen molar-refractivity contribution in [2.45, 2.75) is 25.3 Å². The minimum Gasteiger partial charge on any atom is -0.494 e. The summed E-state index contributed by atoms with van der Waals surface area (Å²) in [6, 6.07) is 4.56. The molecular formula is C14H20ClFN2O2. The molecule has 0 radical (unpaired) electrons. The Morgan fingerprint density at radius 2 is 2.25 bits per heavy atom. The predicted molar refractivity (Wildman–Crippen MR) is 77.6 cm³/mol. The molecule has 1 amide bonds. The molecule has 0 aromatic heterocycles. The van der Waals surface area contributed by atoms with Gasteiger partial charge >= 0.3 is 0 Å². The van der Waals surface area contributed by atoms with Gasteiger partial charge in [-0.1, -0.05) is 6.07 Å². The van der Waals surface area contributed by atoms with Crippen LogP contribution in [-0.2, 0) is 11.2 Å². The molecule has 3 N–H and O–H groups in total. The van der Waals surface area contributed by atoms with Crippen molar-refractivity contribution >= 4 is 18.3 Å². The van der Waals surface area contributed by atoms with Crippen molar-refractivity contribution in [2.24, 2.45) is 11.7 Å². The van der Waals surface area contributed by atoms with Gasteiger partial charge in [-0.2, -0.15) is 0 Å². The smallest absolute Gasteiger partial charge is 0.224 e. The predicted octanol–water partition coefficient (Wildman–Crippen LogP) is 1.65. The van der Waals surface area contributed by atoms with Gasteiger partial charge in [0, 0.05) is 12.6 Å².